The third-order valence-corrected chi connectivity index (χ3v) is 3.66. The highest BCUT2D eigenvalue weighted by atomic mass is 32.1. The van der Waals surface area contributed by atoms with Gasteiger partial charge in [-0.1, -0.05) is 12.1 Å². The molecule has 0 N–H and O–H groups in total. The van der Waals surface area contributed by atoms with Gasteiger partial charge in [0.05, 0.1) is 21.1 Å². The van der Waals surface area contributed by atoms with Gasteiger partial charge in [-0.25, -0.2) is 4.98 Å². The smallest absolute Gasteiger partial charge is 0.288 e. The number of hydrogen-bond acceptors (Lipinski definition) is 3. The van der Waals surface area contributed by atoms with Crippen molar-refractivity contribution in [3.63, 3.8) is 0 Å². The van der Waals surface area contributed by atoms with E-state index < -0.39 is 11.7 Å². The molecular weight excluding hydrogens is 275 g/mol. The highest BCUT2D eigenvalue weighted by molar-refractivity contribution is 7.14. The summed E-state index contributed by atoms with van der Waals surface area (Å²) < 4.78 is 37.3. The fraction of sp³-hybridized carbons (Fsp3) is 0.231. The van der Waals surface area contributed by atoms with Gasteiger partial charge < -0.3 is 0 Å². The van der Waals surface area contributed by atoms with Crippen LogP contribution in [0.25, 0.3) is 0 Å². The van der Waals surface area contributed by atoms with Crippen LogP contribution >= 0.6 is 11.3 Å². The van der Waals surface area contributed by atoms with Gasteiger partial charge in [-0.3, -0.25) is 4.79 Å². The maximum Gasteiger partial charge on any atom is 0.416 e. The minimum absolute atomic E-state index is 0.236. The van der Waals surface area contributed by atoms with Crippen LogP contribution in [0.3, 0.4) is 0 Å². The predicted octanol–water partition coefficient (Wildman–Crippen LogP) is 4.01. The zero-order valence-electron chi connectivity index (χ0n) is 10.2. The average Bonchev–Trinajstić information content (AvgIpc) is 2.66. The molecule has 0 aliphatic heterocycles. The molecule has 19 heavy (non-hydrogen) atoms. The molecule has 1 heterocycles. The van der Waals surface area contributed by atoms with Crippen LogP contribution in [0.4, 0.5) is 13.2 Å². The summed E-state index contributed by atoms with van der Waals surface area (Å²) >= 11 is 1.24. The molecule has 0 saturated carbocycles. The number of nitrogens with zero attached hydrogens (tertiary/aromatic N) is 1. The molecule has 0 bridgehead atoms. The Balaban J connectivity index is 2.33. The monoisotopic (exact) mass is 285 g/mol. The van der Waals surface area contributed by atoms with Gasteiger partial charge in [-0.2, -0.15) is 13.2 Å². The Morgan fingerprint density at radius 2 is 1.74 bits per heavy atom. The number of carbonyl (C=O) groups excluding carboxylic acids is 1. The van der Waals surface area contributed by atoms with Gasteiger partial charge in [0.25, 0.3) is 0 Å². The first kappa shape index (κ1) is 13.7. The summed E-state index contributed by atoms with van der Waals surface area (Å²) in [5.74, 6) is -0.295. The van der Waals surface area contributed by atoms with Gasteiger partial charge >= 0.3 is 6.18 Å². The number of alkyl halides is 3. The lowest BCUT2D eigenvalue weighted by Crippen LogP contribution is -2.06. The lowest BCUT2D eigenvalue weighted by Gasteiger charge is -2.06. The first-order valence-corrected chi connectivity index (χ1v) is 6.26. The third kappa shape index (κ3) is 2.84. The summed E-state index contributed by atoms with van der Waals surface area (Å²) in [5.41, 5.74) is 0.0772. The number of thiazole rings is 1. The van der Waals surface area contributed by atoms with Crippen molar-refractivity contribution < 1.29 is 18.0 Å². The van der Waals surface area contributed by atoms with Gasteiger partial charge in [-0.15, -0.1) is 11.3 Å². The van der Waals surface area contributed by atoms with E-state index in [2.05, 4.69) is 4.98 Å². The lowest BCUT2D eigenvalue weighted by atomic mass is 10.1. The van der Waals surface area contributed by atoms with Crippen LogP contribution < -0.4 is 0 Å². The minimum Gasteiger partial charge on any atom is -0.288 e. The number of hydrogen-bond donors (Lipinski definition) is 0. The first-order valence-electron chi connectivity index (χ1n) is 5.45. The zero-order chi connectivity index (χ0) is 14.2. The Morgan fingerprint density at radius 3 is 2.16 bits per heavy atom. The molecular formula is C13H10F3NOS. The van der Waals surface area contributed by atoms with E-state index in [1.165, 1.54) is 23.5 Å². The summed E-state index contributed by atoms with van der Waals surface area (Å²) in [4.78, 5) is 16.7. The number of halogens is 3. The van der Waals surface area contributed by atoms with Crippen molar-refractivity contribution in [3.8, 4) is 0 Å². The number of carbonyl (C=O) groups is 1. The summed E-state index contributed by atoms with van der Waals surface area (Å²) in [7, 11) is 0. The van der Waals surface area contributed by atoms with Crippen LogP contribution in [0, 0.1) is 13.8 Å². The predicted molar refractivity (Wildman–Crippen MR) is 66.5 cm³/mol. The average molecular weight is 285 g/mol. The summed E-state index contributed by atoms with van der Waals surface area (Å²) in [6, 6.07) is 4.21. The van der Waals surface area contributed by atoms with E-state index in [0.717, 1.165) is 17.1 Å². The van der Waals surface area contributed by atoms with Crippen molar-refractivity contribution in [1.29, 1.82) is 0 Å². The fourth-order valence-corrected chi connectivity index (χ4v) is 2.57. The fourth-order valence-electron chi connectivity index (χ4n) is 1.68. The number of rotatable bonds is 2. The second-order valence-corrected chi connectivity index (χ2v) is 5.25. The van der Waals surface area contributed by atoms with Crippen molar-refractivity contribution in [1.82, 2.24) is 4.98 Å². The van der Waals surface area contributed by atoms with Gasteiger partial charge in [0.1, 0.15) is 0 Å². The molecule has 100 valence electrons. The second-order valence-electron chi connectivity index (χ2n) is 4.05. The van der Waals surface area contributed by atoms with E-state index in [4.69, 9.17) is 0 Å². The molecule has 0 atom stereocenters. The molecule has 0 saturated heterocycles. The number of aromatic nitrogens is 1. The van der Waals surface area contributed by atoms with E-state index >= 15 is 0 Å². The SMILES string of the molecule is Cc1nc(C)c(C(=O)c2ccc(C(F)(F)F)cc2)s1. The highest BCUT2D eigenvalue weighted by Crippen LogP contribution is 2.30. The van der Waals surface area contributed by atoms with E-state index in [-0.39, 0.29) is 11.3 Å². The van der Waals surface area contributed by atoms with Crippen molar-refractivity contribution in [2.75, 3.05) is 0 Å². The Kier molecular flexibility index (Phi) is 3.45. The van der Waals surface area contributed by atoms with Crippen LogP contribution in [-0.4, -0.2) is 10.8 Å². The van der Waals surface area contributed by atoms with Gasteiger partial charge in [0, 0.05) is 5.56 Å². The van der Waals surface area contributed by atoms with Gasteiger partial charge in [0.15, 0.2) is 0 Å². The van der Waals surface area contributed by atoms with E-state index in [1.807, 2.05) is 0 Å². The standard InChI is InChI=1S/C13H10F3NOS/c1-7-12(19-8(2)17-7)11(18)9-3-5-10(6-4-9)13(14,15)16/h3-6H,1-2H3. The Morgan fingerprint density at radius 1 is 1.16 bits per heavy atom. The van der Waals surface area contributed by atoms with Crippen molar-refractivity contribution in [2.45, 2.75) is 20.0 Å². The largest absolute Gasteiger partial charge is 0.416 e. The number of benzene rings is 1. The van der Waals surface area contributed by atoms with Crippen molar-refractivity contribution >= 4 is 17.1 Å². The highest BCUT2D eigenvalue weighted by Gasteiger charge is 2.30. The van der Waals surface area contributed by atoms with Crippen LogP contribution in [0.2, 0.25) is 0 Å². The van der Waals surface area contributed by atoms with Gasteiger partial charge in [-0.05, 0) is 26.0 Å². The maximum atomic E-state index is 12.4. The molecule has 0 fully saturated rings. The molecule has 0 amide bonds. The Labute approximate surface area is 111 Å². The van der Waals surface area contributed by atoms with Crippen molar-refractivity contribution in [3.05, 3.63) is 51.0 Å². The first-order chi connectivity index (χ1) is 8.79. The van der Waals surface area contributed by atoms with E-state index in [9.17, 15) is 18.0 Å². The van der Waals surface area contributed by atoms with Crippen LogP contribution in [0.15, 0.2) is 24.3 Å². The number of ketones is 1. The van der Waals surface area contributed by atoms with E-state index in [1.54, 1.807) is 13.8 Å². The quantitative estimate of drug-likeness (QED) is 0.780. The Bertz CT molecular complexity index is 614. The van der Waals surface area contributed by atoms with E-state index in [0.29, 0.717) is 10.6 Å². The van der Waals surface area contributed by atoms with Gasteiger partial charge in [0.2, 0.25) is 5.78 Å². The molecule has 0 aliphatic carbocycles. The summed E-state index contributed by atoms with van der Waals surface area (Å²) in [6.45, 7) is 3.49. The van der Waals surface area contributed by atoms with Crippen LogP contribution in [-0.2, 0) is 6.18 Å². The molecule has 0 aliphatic rings. The molecule has 2 nitrogen and oxygen atoms in total. The molecule has 6 heteroatoms. The topological polar surface area (TPSA) is 30.0 Å². The molecule has 2 rings (SSSR count). The third-order valence-electron chi connectivity index (χ3n) is 2.58. The van der Waals surface area contributed by atoms with Crippen LogP contribution in [0.1, 0.15) is 31.5 Å². The molecule has 2 aromatic rings. The van der Waals surface area contributed by atoms with Crippen LogP contribution in [0.5, 0.6) is 0 Å². The van der Waals surface area contributed by atoms with Crippen molar-refractivity contribution in [2.24, 2.45) is 0 Å². The minimum atomic E-state index is -4.39. The summed E-state index contributed by atoms with van der Waals surface area (Å²) in [5, 5.41) is 0.757. The summed E-state index contributed by atoms with van der Waals surface area (Å²) in [6.07, 6.45) is -4.39. The molecule has 0 unspecified atom stereocenters. The second kappa shape index (κ2) is 4.77. The number of aryl methyl sites for hydroxylation is 2. The molecule has 1 aromatic heterocycles. The molecule has 0 spiro atoms. The normalized spacial score (nSPS) is 11.6. The zero-order valence-corrected chi connectivity index (χ0v) is 11.0. The Hall–Kier alpha value is -1.69. The maximum absolute atomic E-state index is 12.4. The lowest BCUT2D eigenvalue weighted by molar-refractivity contribution is -0.137. The molecule has 0 radical (unpaired) electrons. The molecule has 1 aromatic carbocycles.